The maximum atomic E-state index is 14.3. The molecule has 12 atom stereocenters. The number of hydrogen-bond acceptors (Lipinski definition) is 15. The van der Waals surface area contributed by atoms with Crippen LogP contribution in [0.25, 0.3) is 0 Å². The number of amides is 7. The first-order valence-electron chi connectivity index (χ1n) is 22.7. The van der Waals surface area contributed by atoms with Gasteiger partial charge in [0.2, 0.25) is 41.4 Å². The van der Waals surface area contributed by atoms with Crippen molar-refractivity contribution in [3.05, 3.63) is 29.8 Å². The fraction of sp³-hybridized carbons (Fsp3) is 0.682. The molecule has 1 aliphatic carbocycles. The van der Waals surface area contributed by atoms with Gasteiger partial charge in [0.05, 0.1) is 19.1 Å². The molecule has 376 valence electrons. The van der Waals surface area contributed by atoms with E-state index in [1.54, 1.807) is 27.7 Å². The Labute approximate surface area is 388 Å². The molecule has 0 unspecified atom stereocenters. The maximum Gasteiger partial charge on any atom is 0.326 e. The highest BCUT2D eigenvalue weighted by atomic mass is 16.6. The molecule has 23 nitrogen and oxygen atoms in total. The zero-order valence-electron chi connectivity index (χ0n) is 38.4. The Morgan fingerprint density at radius 2 is 1.31 bits per heavy atom. The van der Waals surface area contributed by atoms with Gasteiger partial charge in [-0.2, -0.15) is 0 Å². The van der Waals surface area contributed by atoms with Gasteiger partial charge < -0.3 is 78.7 Å². The predicted molar refractivity (Wildman–Crippen MR) is 238 cm³/mol. The van der Waals surface area contributed by atoms with Crippen molar-refractivity contribution >= 4 is 47.3 Å². The van der Waals surface area contributed by atoms with Gasteiger partial charge in [0.1, 0.15) is 60.4 Å². The molecule has 0 radical (unpaired) electrons. The summed E-state index contributed by atoms with van der Waals surface area (Å²) in [6, 6.07) is -3.22. The molecule has 1 saturated carbocycles. The van der Waals surface area contributed by atoms with Crippen molar-refractivity contribution < 1.29 is 73.7 Å². The number of carboxylic acid groups (broad SMARTS) is 1. The Bertz CT molecular complexity index is 1850. The van der Waals surface area contributed by atoms with Crippen LogP contribution in [0.5, 0.6) is 5.75 Å². The molecular weight excluding hydrogens is 881 g/mol. The number of ether oxygens (including phenoxy) is 1. The second kappa shape index (κ2) is 26.8. The number of phenolic OH excluding ortho intramolecular Hbond substituents is 1. The molecule has 1 aromatic carbocycles. The number of carbonyl (C=O) groups is 8. The topological polar surface area (TPSA) is 391 Å². The summed E-state index contributed by atoms with van der Waals surface area (Å²) in [5, 5.41) is 75.2. The lowest BCUT2D eigenvalue weighted by molar-refractivity contribution is -0.236. The van der Waals surface area contributed by atoms with Crippen LogP contribution in [0.15, 0.2) is 24.3 Å². The van der Waals surface area contributed by atoms with Crippen molar-refractivity contribution in [2.75, 3.05) is 6.61 Å². The third kappa shape index (κ3) is 17.3. The fourth-order valence-corrected chi connectivity index (χ4v) is 7.89. The van der Waals surface area contributed by atoms with E-state index in [0.717, 1.165) is 32.1 Å². The molecule has 0 bridgehead atoms. The van der Waals surface area contributed by atoms with Crippen molar-refractivity contribution in [2.45, 2.75) is 165 Å². The molecule has 2 aliphatic rings. The summed E-state index contributed by atoms with van der Waals surface area (Å²) in [4.78, 5) is 107. The van der Waals surface area contributed by atoms with Crippen LogP contribution in [0.4, 0.5) is 0 Å². The third-order valence-corrected chi connectivity index (χ3v) is 12.2. The number of benzene rings is 1. The van der Waals surface area contributed by atoms with Crippen LogP contribution >= 0.6 is 0 Å². The molecule has 1 saturated heterocycles. The molecule has 0 aromatic heterocycles. The molecule has 67 heavy (non-hydrogen) atoms. The van der Waals surface area contributed by atoms with Crippen molar-refractivity contribution in [1.82, 2.24) is 31.9 Å². The minimum atomic E-state index is -1.93. The highest BCUT2D eigenvalue weighted by Crippen LogP contribution is 2.27. The zero-order valence-corrected chi connectivity index (χ0v) is 38.4. The molecular formula is C44H70N8O15. The van der Waals surface area contributed by atoms with Gasteiger partial charge in [-0.3, -0.25) is 33.6 Å². The first-order chi connectivity index (χ1) is 31.6. The van der Waals surface area contributed by atoms with Crippen LogP contribution < -0.4 is 43.4 Å². The van der Waals surface area contributed by atoms with E-state index in [1.165, 1.54) is 24.3 Å². The number of nitrogens with one attached hydrogen (secondary N) is 6. The molecule has 23 heteroatoms. The third-order valence-electron chi connectivity index (χ3n) is 12.2. The summed E-state index contributed by atoms with van der Waals surface area (Å²) in [5.41, 5.74) is 11.8. The van der Waals surface area contributed by atoms with Gasteiger partial charge in [0, 0.05) is 12.8 Å². The van der Waals surface area contributed by atoms with E-state index in [1.807, 2.05) is 0 Å². The number of aliphatic carboxylic acids is 1. The van der Waals surface area contributed by atoms with E-state index < -0.39 is 152 Å². The summed E-state index contributed by atoms with van der Waals surface area (Å²) in [6.07, 6.45) is -5.04. The van der Waals surface area contributed by atoms with E-state index in [4.69, 9.17) is 16.2 Å². The lowest BCUT2D eigenvalue weighted by atomic mass is 9.85. The average Bonchev–Trinajstić information content (AvgIpc) is 3.28. The summed E-state index contributed by atoms with van der Waals surface area (Å²) in [5.74, 6) is -8.98. The minimum Gasteiger partial charge on any atom is -0.508 e. The molecule has 7 amide bonds. The van der Waals surface area contributed by atoms with Gasteiger partial charge >= 0.3 is 5.97 Å². The number of primary amides is 1. The largest absolute Gasteiger partial charge is 0.508 e. The van der Waals surface area contributed by atoms with E-state index in [9.17, 15) is 69.0 Å². The number of aliphatic hydroxyl groups is 4. The quantitative estimate of drug-likeness (QED) is 0.0465. The normalized spacial score (nSPS) is 22.9. The van der Waals surface area contributed by atoms with Gasteiger partial charge in [-0.25, -0.2) is 4.79 Å². The number of phenols is 1. The number of hydrogen-bond donors (Lipinski definition) is 14. The van der Waals surface area contributed by atoms with Gasteiger partial charge in [-0.05, 0) is 48.3 Å². The lowest BCUT2D eigenvalue weighted by Crippen LogP contribution is -2.64. The van der Waals surface area contributed by atoms with Gasteiger partial charge in [0.25, 0.3) is 0 Å². The van der Waals surface area contributed by atoms with Crippen molar-refractivity contribution in [3.63, 3.8) is 0 Å². The SMILES string of the molecule is CC[C@H](C)[C@H](NC(=O)[C@@H](NC(=O)[C@@H](N)CC1CCCCC1)C(C)C)C(=O)N[C@@H](CC(=O)N[C@@H]1O[C@H](CO)[C@H](O)[C@H](O)[C@H]1O)C(=O)N[C@@H](Cc1ccc(O)cc1)C(=O)N[C@@H](CCC(N)=O)C(=O)O. The number of rotatable bonds is 25. The van der Waals surface area contributed by atoms with Crippen molar-refractivity contribution in [2.24, 2.45) is 29.2 Å². The van der Waals surface area contributed by atoms with Crippen LogP contribution in [-0.4, -0.2) is 151 Å². The molecule has 16 N–H and O–H groups in total. The van der Waals surface area contributed by atoms with Gasteiger partial charge in [0.15, 0.2) is 6.23 Å². The van der Waals surface area contributed by atoms with Crippen LogP contribution in [0.1, 0.15) is 97.5 Å². The number of nitrogens with two attached hydrogens (primary N) is 2. The van der Waals surface area contributed by atoms with E-state index in [0.29, 0.717) is 18.4 Å². The molecule has 0 spiro atoms. The van der Waals surface area contributed by atoms with Gasteiger partial charge in [-0.15, -0.1) is 0 Å². The second-order valence-electron chi connectivity index (χ2n) is 17.9. The Hall–Kier alpha value is -5.46. The van der Waals surface area contributed by atoms with Gasteiger partial charge in [-0.1, -0.05) is 78.4 Å². The smallest absolute Gasteiger partial charge is 0.326 e. The first kappa shape index (κ1) is 55.9. The molecule has 1 heterocycles. The maximum absolute atomic E-state index is 14.3. The monoisotopic (exact) mass is 950 g/mol. The highest BCUT2D eigenvalue weighted by Gasteiger charge is 2.45. The number of aromatic hydroxyl groups is 1. The van der Waals surface area contributed by atoms with Crippen LogP contribution in [0.2, 0.25) is 0 Å². The van der Waals surface area contributed by atoms with E-state index >= 15 is 0 Å². The summed E-state index contributed by atoms with van der Waals surface area (Å²) < 4.78 is 5.37. The van der Waals surface area contributed by atoms with Crippen molar-refractivity contribution in [1.29, 1.82) is 0 Å². The molecule has 1 aromatic rings. The predicted octanol–water partition coefficient (Wildman–Crippen LogP) is -2.99. The lowest BCUT2D eigenvalue weighted by Gasteiger charge is -2.40. The highest BCUT2D eigenvalue weighted by molar-refractivity contribution is 5.98. The Morgan fingerprint density at radius 3 is 1.88 bits per heavy atom. The molecule has 3 rings (SSSR count). The number of carbonyl (C=O) groups excluding carboxylic acids is 7. The fourth-order valence-electron chi connectivity index (χ4n) is 7.89. The minimum absolute atomic E-state index is 0.136. The van der Waals surface area contributed by atoms with E-state index in [2.05, 4.69) is 31.9 Å². The number of aliphatic hydroxyl groups excluding tert-OH is 4. The van der Waals surface area contributed by atoms with Crippen LogP contribution in [0, 0.1) is 17.8 Å². The summed E-state index contributed by atoms with van der Waals surface area (Å²) in [7, 11) is 0. The zero-order chi connectivity index (χ0) is 50.1. The standard InChI is InChI=1S/C44H70N8O15/c1-5-22(4)34(52-41(63)33(21(2)3)51-38(60)26(45)17-23-9-7-6-8-10-23)42(64)49-29(19-32(56)50-43-37(59)36(58)35(57)30(20-53)67-43)40(62)48-28(18-24-11-13-25(54)14-12-24)39(61)47-27(44(65)66)15-16-31(46)55/h11-14,21-23,26-30,33-37,43,53-54,57-59H,5-10,15-20,45H2,1-4H3,(H2,46,55)(H,47,61)(H,48,62)(H,49,64)(H,50,56)(H,51,60)(H,52,63)(H,65,66)/t22-,26-,27-,28-,29-,30+,33-,34-,35-,36-,37+,43+/m0/s1. The second-order valence-corrected chi connectivity index (χ2v) is 17.9. The van der Waals surface area contributed by atoms with Crippen LogP contribution in [0.3, 0.4) is 0 Å². The Morgan fingerprint density at radius 1 is 0.746 bits per heavy atom. The Balaban J connectivity index is 1.96. The number of carboxylic acids is 1. The summed E-state index contributed by atoms with van der Waals surface area (Å²) in [6.45, 7) is 5.90. The molecule has 1 aliphatic heterocycles. The summed E-state index contributed by atoms with van der Waals surface area (Å²) >= 11 is 0. The average molecular weight is 951 g/mol. The van der Waals surface area contributed by atoms with Crippen molar-refractivity contribution in [3.8, 4) is 5.75 Å². The first-order valence-corrected chi connectivity index (χ1v) is 22.7. The van der Waals surface area contributed by atoms with Crippen LogP contribution in [-0.2, 0) is 49.5 Å². The molecule has 2 fully saturated rings. The van der Waals surface area contributed by atoms with E-state index in [-0.39, 0.29) is 18.1 Å². The Kier molecular flexibility index (Phi) is 22.3.